The molecule has 1 aliphatic rings. The highest BCUT2D eigenvalue weighted by Crippen LogP contribution is 2.31. The number of hydrogen-bond donors (Lipinski definition) is 0. The van der Waals surface area contributed by atoms with Gasteiger partial charge >= 0.3 is 0 Å². The second-order valence-corrected chi connectivity index (χ2v) is 6.41. The Kier molecular flexibility index (Phi) is 4.43. The van der Waals surface area contributed by atoms with Crippen LogP contribution in [0.2, 0.25) is 0 Å². The van der Waals surface area contributed by atoms with Crippen LogP contribution in [-0.4, -0.2) is 37.5 Å². The zero-order valence-electron chi connectivity index (χ0n) is 14.5. The van der Waals surface area contributed by atoms with E-state index in [1.807, 2.05) is 30.0 Å². The van der Waals surface area contributed by atoms with Gasteiger partial charge in [-0.15, -0.1) is 0 Å². The van der Waals surface area contributed by atoms with Gasteiger partial charge in [-0.3, -0.25) is 9.78 Å². The smallest absolute Gasteiger partial charge is 0.257 e. The number of aryl methyl sites for hydroxylation is 1. The molecule has 0 N–H and O–H groups in total. The Labute approximate surface area is 151 Å². The van der Waals surface area contributed by atoms with Crippen molar-refractivity contribution in [1.29, 1.82) is 0 Å². The summed E-state index contributed by atoms with van der Waals surface area (Å²) in [5.74, 6) is 1.23. The number of aromatic nitrogens is 4. The van der Waals surface area contributed by atoms with Gasteiger partial charge in [0.15, 0.2) is 5.82 Å². The van der Waals surface area contributed by atoms with Crippen LogP contribution < -0.4 is 0 Å². The molecular formula is C19H19N5O2. The zero-order chi connectivity index (χ0) is 17.9. The molecule has 0 aliphatic carbocycles. The molecule has 0 aromatic carbocycles. The molecule has 3 aromatic heterocycles. The van der Waals surface area contributed by atoms with E-state index in [1.54, 1.807) is 24.8 Å². The number of carbonyl (C=O) groups is 1. The maximum absolute atomic E-state index is 13.0. The number of carbonyl (C=O) groups excluding carboxylic acids is 1. The second-order valence-electron chi connectivity index (χ2n) is 6.41. The maximum Gasteiger partial charge on any atom is 0.257 e. The number of hydrogen-bond acceptors (Lipinski definition) is 6. The topological polar surface area (TPSA) is 85.0 Å². The third kappa shape index (κ3) is 3.20. The molecule has 0 spiro atoms. The quantitative estimate of drug-likeness (QED) is 0.722. The molecule has 4 rings (SSSR count). The van der Waals surface area contributed by atoms with Crippen LogP contribution in [0.15, 0.2) is 47.5 Å². The van der Waals surface area contributed by atoms with Crippen LogP contribution in [0, 0.1) is 6.92 Å². The minimum absolute atomic E-state index is 0.0632. The summed E-state index contributed by atoms with van der Waals surface area (Å²) in [6.07, 6.45) is 9.49. The highest BCUT2D eigenvalue weighted by molar-refractivity contribution is 5.94. The van der Waals surface area contributed by atoms with Crippen LogP contribution in [0.1, 0.15) is 47.1 Å². The summed E-state index contributed by atoms with van der Waals surface area (Å²) < 4.78 is 5.20. The molecule has 0 saturated carbocycles. The molecule has 7 nitrogen and oxygen atoms in total. The summed E-state index contributed by atoms with van der Waals surface area (Å²) in [6, 6.07) is 5.55. The van der Waals surface area contributed by atoms with E-state index in [2.05, 4.69) is 20.1 Å². The van der Waals surface area contributed by atoms with Crippen LogP contribution in [0.4, 0.5) is 0 Å². The first-order valence-corrected chi connectivity index (χ1v) is 8.69. The van der Waals surface area contributed by atoms with Crippen molar-refractivity contribution in [3.63, 3.8) is 0 Å². The minimum Gasteiger partial charge on any atom is -0.361 e. The molecule has 1 aliphatic heterocycles. The van der Waals surface area contributed by atoms with E-state index in [-0.39, 0.29) is 11.9 Å². The molecule has 0 bridgehead atoms. The molecule has 1 amide bonds. The summed E-state index contributed by atoms with van der Waals surface area (Å²) in [6.45, 7) is 2.55. The molecule has 26 heavy (non-hydrogen) atoms. The van der Waals surface area contributed by atoms with Gasteiger partial charge in [0, 0.05) is 43.0 Å². The third-order valence-electron chi connectivity index (χ3n) is 4.57. The lowest BCUT2D eigenvalue weighted by atomic mass is 9.98. The molecule has 0 unspecified atom stereocenters. The van der Waals surface area contributed by atoms with E-state index in [0.717, 1.165) is 36.3 Å². The van der Waals surface area contributed by atoms with E-state index >= 15 is 0 Å². The lowest BCUT2D eigenvalue weighted by molar-refractivity contribution is 0.0601. The summed E-state index contributed by atoms with van der Waals surface area (Å²) in [7, 11) is 0. The standard InChI is InChI=1S/C19H19N5O2/c1-13-9-16(23-26-13)17-6-2-3-8-24(17)19(25)15-11-21-18(22-12-15)14-5-4-7-20-10-14/h4-5,7,9-12,17H,2-3,6,8H2,1H3/t17-/m0/s1. The Bertz CT molecular complexity index is 892. The van der Waals surface area contributed by atoms with Crippen molar-refractivity contribution in [3.8, 4) is 11.4 Å². The fraction of sp³-hybridized carbons (Fsp3) is 0.316. The Balaban J connectivity index is 1.57. The first-order chi connectivity index (χ1) is 12.7. The van der Waals surface area contributed by atoms with Gasteiger partial charge in [0.25, 0.3) is 5.91 Å². The van der Waals surface area contributed by atoms with Crippen molar-refractivity contribution >= 4 is 5.91 Å². The number of amides is 1. The first-order valence-electron chi connectivity index (χ1n) is 8.69. The van der Waals surface area contributed by atoms with Crippen LogP contribution in [0.5, 0.6) is 0 Å². The summed E-state index contributed by atoms with van der Waals surface area (Å²) in [5.41, 5.74) is 2.11. The van der Waals surface area contributed by atoms with E-state index in [4.69, 9.17) is 4.52 Å². The lowest BCUT2D eigenvalue weighted by Gasteiger charge is -2.34. The van der Waals surface area contributed by atoms with Gasteiger partial charge in [0.1, 0.15) is 11.5 Å². The van der Waals surface area contributed by atoms with Gasteiger partial charge in [0.05, 0.1) is 11.6 Å². The van der Waals surface area contributed by atoms with E-state index < -0.39 is 0 Å². The molecule has 1 fully saturated rings. The Morgan fingerprint density at radius 2 is 2.08 bits per heavy atom. The van der Waals surface area contributed by atoms with Gasteiger partial charge in [-0.2, -0.15) is 0 Å². The van der Waals surface area contributed by atoms with Crippen LogP contribution in [0.3, 0.4) is 0 Å². The van der Waals surface area contributed by atoms with Crippen molar-refractivity contribution in [2.24, 2.45) is 0 Å². The van der Waals surface area contributed by atoms with Gasteiger partial charge < -0.3 is 9.42 Å². The van der Waals surface area contributed by atoms with Crippen molar-refractivity contribution in [3.05, 3.63) is 60.0 Å². The first kappa shape index (κ1) is 16.4. The summed E-state index contributed by atoms with van der Waals surface area (Å²) in [5, 5.41) is 4.11. The van der Waals surface area contributed by atoms with E-state index in [0.29, 0.717) is 17.9 Å². The monoisotopic (exact) mass is 349 g/mol. The van der Waals surface area contributed by atoms with Crippen molar-refractivity contribution in [2.45, 2.75) is 32.2 Å². The summed E-state index contributed by atoms with van der Waals surface area (Å²) in [4.78, 5) is 27.6. The number of nitrogens with zero attached hydrogens (tertiary/aromatic N) is 5. The zero-order valence-corrected chi connectivity index (χ0v) is 14.5. The summed E-state index contributed by atoms with van der Waals surface area (Å²) >= 11 is 0. The lowest BCUT2D eigenvalue weighted by Crippen LogP contribution is -2.38. The van der Waals surface area contributed by atoms with Gasteiger partial charge in [0.2, 0.25) is 0 Å². The Morgan fingerprint density at radius 1 is 1.23 bits per heavy atom. The highest BCUT2D eigenvalue weighted by Gasteiger charge is 2.31. The number of rotatable bonds is 3. The average molecular weight is 349 g/mol. The molecule has 3 aromatic rings. The SMILES string of the molecule is Cc1cc([C@@H]2CCCCN2C(=O)c2cnc(-c3cccnc3)nc2)no1. The predicted molar refractivity (Wildman–Crippen MR) is 94.1 cm³/mol. The molecule has 7 heteroatoms. The van der Waals surface area contributed by atoms with Crippen LogP contribution in [-0.2, 0) is 0 Å². The maximum atomic E-state index is 13.0. The van der Waals surface area contributed by atoms with Gasteiger partial charge in [-0.05, 0) is 38.3 Å². The molecule has 4 heterocycles. The van der Waals surface area contributed by atoms with Crippen molar-refractivity contribution < 1.29 is 9.32 Å². The fourth-order valence-electron chi connectivity index (χ4n) is 3.27. The molecule has 0 radical (unpaired) electrons. The normalized spacial score (nSPS) is 17.3. The van der Waals surface area contributed by atoms with Crippen molar-refractivity contribution in [2.75, 3.05) is 6.54 Å². The average Bonchev–Trinajstić information content (AvgIpc) is 3.14. The molecule has 1 atom stereocenters. The van der Waals surface area contributed by atoms with Crippen LogP contribution in [0.25, 0.3) is 11.4 Å². The van der Waals surface area contributed by atoms with Gasteiger partial charge in [-0.1, -0.05) is 5.16 Å². The predicted octanol–water partition coefficient (Wildman–Crippen LogP) is 3.20. The Morgan fingerprint density at radius 3 is 2.77 bits per heavy atom. The fourth-order valence-corrected chi connectivity index (χ4v) is 3.27. The number of pyridine rings is 1. The molecular weight excluding hydrogens is 330 g/mol. The third-order valence-corrected chi connectivity index (χ3v) is 4.57. The minimum atomic E-state index is -0.0758. The van der Waals surface area contributed by atoms with E-state index in [1.165, 1.54) is 0 Å². The molecule has 1 saturated heterocycles. The Hall–Kier alpha value is -3.09. The highest BCUT2D eigenvalue weighted by atomic mass is 16.5. The largest absolute Gasteiger partial charge is 0.361 e. The van der Waals surface area contributed by atoms with Gasteiger partial charge in [-0.25, -0.2) is 9.97 Å². The van der Waals surface area contributed by atoms with Crippen LogP contribution >= 0.6 is 0 Å². The number of likely N-dealkylation sites (tertiary alicyclic amines) is 1. The number of piperidine rings is 1. The molecule has 132 valence electrons. The second kappa shape index (κ2) is 7.03. The van der Waals surface area contributed by atoms with Crippen molar-refractivity contribution in [1.82, 2.24) is 25.0 Å². The van der Waals surface area contributed by atoms with E-state index in [9.17, 15) is 4.79 Å².